The lowest BCUT2D eigenvalue weighted by Gasteiger charge is -2.32. The third kappa shape index (κ3) is 6.23. The number of nitriles is 1. The second kappa shape index (κ2) is 11.7. The van der Waals surface area contributed by atoms with E-state index in [2.05, 4.69) is 11.1 Å². The summed E-state index contributed by atoms with van der Waals surface area (Å²) >= 11 is 1.42. The molecule has 0 unspecified atom stereocenters. The Hall–Kier alpha value is -3.23. The topological polar surface area (TPSA) is 104 Å². The van der Waals surface area contributed by atoms with Crippen molar-refractivity contribution in [2.75, 3.05) is 29.5 Å². The van der Waals surface area contributed by atoms with Crippen LogP contribution in [0.2, 0.25) is 0 Å². The second-order valence-electron chi connectivity index (χ2n) is 10.6. The minimum Gasteiger partial charge on any atom is -0.369 e. The van der Waals surface area contributed by atoms with Crippen LogP contribution in [-0.4, -0.2) is 54.9 Å². The van der Waals surface area contributed by atoms with Crippen molar-refractivity contribution in [2.24, 2.45) is 11.8 Å². The number of anilines is 1. The van der Waals surface area contributed by atoms with Crippen molar-refractivity contribution >= 4 is 32.6 Å². The summed E-state index contributed by atoms with van der Waals surface area (Å²) in [4.78, 5) is 24.9. The smallest absolute Gasteiger partial charge is 0.212 e. The molecule has 0 radical (unpaired) electrons. The number of pyridine rings is 1. The van der Waals surface area contributed by atoms with Crippen LogP contribution in [0, 0.1) is 29.1 Å². The number of Topliss-reactive ketones (excluding diaryl/α,β-unsaturated/α-hetero) is 1. The molecule has 1 aromatic carbocycles. The number of carbonyl (C=O) groups excluding carboxylic acids is 1. The fourth-order valence-corrected chi connectivity index (χ4v) is 7.84. The fourth-order valence-electron chi connectivity index (χ4n) is 5.51. The van der Waals surface area contributed by atoms with Crippen LogP contribution in [0.5, 0.6) is 0 Å². The fraction of sp³-hybridized carbons (Fsp3) is 0.448. The van der Waals surface area contributed by atoms with Gasteiger partial charge in [-0.05, 0) is 56.0 Å². The van der Waals surface area contributed by atoms with E-state index in [1.54, 1.807) is 13.0 Å². The highest BCUT2D eigenvalue weighted by Crippen LogP contribution is 2.47. The van der Waals surface area contributed by atoms with E-state index in [0.29, 0.717) is 42.2 Å². The van der Waals surface area contributed by atoms with Gasteiger partial charge in [0, 0.05) is 48.8 Å². The summed E-state index contributed by atoms with van der Waals surface area (Å²) < 4.78 is 51.8. The number of hydrogen-bond acceptors (Lipinski definition) is 8. The van der Waals surface area contributed by atoms with Gasteiger partial charge in [0.15, 0.2) is 9.84 Å². The van der Waals surface area contributed by atoms with Crippen molar-refractivity contribution in [3.05, 3.63) is 54.2 Å². The molecule has 1 aliphatic carbocycles. The molecular formula is C29H30F2N4O3S2. The first kappa shape index (κ1) is 28.3. The van der Waals surface area contributed by atoms with Crippen molar-refractivity contribution in [1.29, 1.82) is 5.26 Å². The summed E-state index contributed by atoms with van der Waals surface area (Å²) in [6.45, 7) is 2.56. The number of hydrogen-bond donors (Lipinski definition) is 0. The van der Waals surface area contributed by atoms with Crippen LogP contribution in [0.4, 0.5) is 14.5 Å². The van der Waals surface area contributed by atoms with Crippen LogP contribution in [-0.2, 0) is 14.6 Å². The van der Waals surface area contributed by atoms with Gasteiger partial charge < -0.3 is 4.90 Å². The van der Waals surface area contributed by atoms with Crippen molar-refractivity contribution in [1.82, 2.24) is 9.97 Å². The molecule has 0 amide bonds. The summed E-state index contributed by atoms with van der Waals surface area (Å²) in [5.74, 6) is -1.83. The minimum atomic E-state index is -2.99. The van der Waals surface area contributed by atoms with Crippen molar-refractivity contribution < 1.29 is 22.0 Å². The zero-order valence-corrected chi connectivity index (χ0v) is 23.7. The third-order valence-electron chi connectivity index (χ3n) is 7.75. The van der Waals surface area contributed by atoms with E-state index >= 15 is 0 Å². The predicted molar refractivity (Wildman–Crippen MR) is 151 cm³/mol. The number of rotatable bonds is 7. The molecule has 210 valence electrons. The molecular weight excluding hydrogens is 554 g/mol. The number of nitrogens with zero attached hydrogens (tertiary/aromatic N) is 4. The third-order valence-corrected chi connectivity index (χ3v) is 10.5. The molecule has 11 heteroatoms. The number of ketones is 1. The summed E-state index contributed by atoms with van der Waals surface area (Å²) in [6, 6.07) is 12.8. The maximum atomic E-state index is 14.6. The highest BCUT2D eigenvalue weighted by atomic mass is 32.2. The first-order chi connectivity index (χ1) is 19.1. The van der Waals surface area contributed by atoms with E-state index in [0.717, 1.165) is 16.1 Å². The molecule has 2 aliphatic rings. The Labute approximate surface area is 236 Å². The molecule has 0 bridgehead atoms. The molecule has 3 heterocycles. The van der Waals surface area contributed by atoms with Gasteiger partial charge in [-0.15, -0.1) is 11.3 Å². The van der Waals surface area contributed by atoms with Gasteiger partial charge in [0.2, 0.25) is 5.95 Å². The summed E-state index contributed by atoms with van der Waals surface area (Å²) in [5, 5.41) is 9.87. The van der Waals surface area contributed by atoms with Crippen molar-refractivity contribution in [2.45, 2.75) is 44.7 Å². The number of halogens is 2. The number of aromatic nitrogens is 2. The summed E-state index contributed by atoms with van der Waals surface area (Å²) in [6.07, 6.45) is 1.28. The largest absolute Gasteiger partial charge is 0.369 e. The van der Waals surface area contributed by atoms with Gasteiger partial charge >= 0.3 is 0 Å². The molecule has 1 aliphatic heterocycles. The van der Waals surface area contributed by atoms with E-state index in [9.17, 15) is 27.3 Å². The van der Waals surface area contributed by atoms with E-state index in [4.69, 9.17) is 4.98 Å². The molecule has 4 atom stereocenters. The van der Waals surface area contributed by atoms with Crippen LogP contribution < -0.4 is 4.90 Å². The quantitative estimate of drug-likeness (QED) is 0.334. The van der Waals surface area contributed by atoms with Crippen LogP contribution >= 0.6 is 11.3 Å². The molecule has 1 saturated carbocycles. The number of thiazole rings is 1. The van der Waals surface area contributed by atoms with Gasteiger partial charge in [-0.1, -0.05) is 12.1 Å². The maximum absolute atomic E-state index is 14.6. The molecule has 0 spiro atoms. The number of alkyl halides is 1. The first-order valence-corrected chi connectivity index (χ1v) is 16.0. The van der Waals surface area contributed by atoms with Crippen LogP contribution in [0.25, 0.3) is 21.0 Å². The Balaban J connectivity index is 1.52. The van der Waals surface area contributed by atoms with E-state index < -0.39 is 33.8 Å². The first-order valence-electron chi connectivity index (χ1n) is 13.4. The van der Waals surface area contributed by atoms with Crippen molar-refractivity contribution in [3.8, 4) is 27.1 Å². The highest BCUT2D eigenvalue weighted by molar-refractivity contribution is 7.91. The number of benzene rings is 1. The maximum Gasteiger partial charge on any atom is 0.212 e. The molecule has 40 heavy (non-hydrogen) atoms. The molecule has 3 aromatic rings. The minimum absolute atomic E-state index is 0.0683. The monoisotopic (exact) mass is 584 g/mol. The van der Waals surface area contributed by atoms with Gasteiger partial charge in [0.05, 0.1) is 34.1 Å². The van der Waals surface area contributed by atoms with Gasteiger partial charge in [-0.2, -0.15) is 9.65 Å². The molecule has 1 saturated heterocycles. The molecule has 0 N–H and O–H groups in total. The Morgan fingerprint density at radius 1 is 1.15 bits per heavy atom. The Kier molecular flexibility index (Phi) is 8.29. The summed E-state index contributed by atoms with van der Waals surface area (Å²) in [5.41, 5.74) is 3.14. The normalized spacial score (nSPS) is 23.4. The van der Waals surface area contributed by atoms with Crippen molar-refractivity contribution in [3.63, 3.8) is 0 Å². The standard InChI is InChI=1S/C29H30F2N4O3S2/c1-18(16-32)14-25(36)24-15-21(30)5-8-23(24)27-28(39-29(34-27)20-4-9-26(31)33-17-20)19-2-6-22(7-3-19)35-10-12-40(37,38)13-11-35/h2-4,6-7,9,17-18,21,23-24H,5,8,10-15H2,1H3/t18-,21+,23-,24-/m1/s1. The van der Waals surface area contributed by atoms with Gasteiger partial charge in [0.1, 0.15) is 17.0 Å². The lowest BCUT2D eigenvalue weighted by molar-refractivity contribution is -0.125. The number of carbonyl (C=O) groups is 1. The van der Waals surface area contributed by atoms with E-state index in [1.807, 2.05) is 29.2 Å². The highest BCUT2D eigenvalue weighted by Gasteiger charge is 2.39. The lowest BCUT2D eigenvalue weighted by Crippen LogP contribution is -2.40. The SMILES string of the molecule is C[C@@H](C#N)CC(=O)[C@@H]1C[C@@H](F)CC[C@H]1c1nc(-c2ccc(F)nc2)sc1-c1ccc(N2CCS(=O)(=O)CC2)cc1. The predicted octanol–water partition coefficient (Wildman–Crippen LogP) is 5.59. The zero-order chi connectivity index (χ0) is 28.4. The molecule has 2 fully saturated rings. The van der Waals surface area contributed by atoms with Gasteiger partial charge in [-0.3, -0.25) is 4.79 Å². The zero-order valence-electron chi connectivity index (χ0n) is 22.1. The average molecular weight is 585 g/mol. The summed E-state index contributed by atoms with van der Waals surface area (Å²) in [7, 11) is -2.99. The second-order valence-corrected chi connectivity index (χ2v) is 13.9. The molecule has 7 nitrogen and oxygen atoms in total. The Morgan fingerprint density at radius 2 is 1.85 bits per heavy atom. The van der Waals surface area contributed by atoms with Gasteiger partial charge in [0.25, 0.3) is 0 Å². The van der Waals surface area contributed by atoms with Gasteiger partial charge in [-0.25, -0.2) is 22.8 Å². The molecule has 5 rings (SSSR count). The number of sulfone groups is 1. The lowest BCUT2D eigenvalue weighted by atomic mass is 9.72. The van der Waals surface area contributed by atoms with E-state index in [1.165, 1.54) is 23.6 Å². The Morgan fingerprint density at radius 3 is 2.50 bits per heavy atom. The van der Waals surface area contributed by atoms with E-state index in [-0.39, 0.29) is 36.0 Å². The Bertz CT molecular complexity index is 1500. The van der Waals surface area contributed by atoms with Crippen LogP contribution in [0.3, 0.4) is 0 Å². The van der Waals surface area contributed by atoms with Crippen LogP contribution in [0.15, 0.2) is 42.6 Å². The van der Waals surface area contributed by atoms with Crippen LogP contribution in [0.1, 0.15) is 44.2 Å². The molecule has 2 aromatic heterocycles. The average Bonchev–Trinajstić information content (AvgIpc) is 3.38.